The maximum Gasteiger partial charge on any atom is 0.113 e. The first-order valence-electron chi connectivity index (χ1n) is 4.41. The first-order chi connectivity index (χ1) is 5.04. The lowest BCUT2D eigenvalue weighted by Crippen LogP contribution is -2.36. The van der Waals surface area contributed by atoms with Crippen molar-refractivity contribution in [1.82, 2.24) is 0 Å². The summed E-state index contributed by atoms with van der Waals surface area (Å²) in [6.07, 6.45) is 2.08. The molecule has 1 aliphatic rings. The third-order valence-corrected chi connectivity index (χ3v) is 2.82. The number of halogens is 1. The molecule has 1 rings (SSSR count). The molecule has 0 aliphatic heterocycles. The smallest absolute Gasteiger partial charge is 0.113 e. The van der Waals surface area contributed by atoms with E-state index < -0.39 is 5.67 Å². The molecule has 0 spiro atoms. The molecular weight excluding hydrogens is 143 g/mol. The van der Waals surface area contributed by atoms with Gasteiger partial charge in [0.05, 0.1) is 6.10 Å². The summed E-state index contributed by atoms with van der Waals surface area (Å²) in [5.41, 5.74) is -1.00. The van der Waals surface area contributed by atoms with E-state index in [9.17, 15) is 4.39 Å². The van der Waals surface area contributed by atoms with Crippen molar-refractivity contribution in [2.45, 2.75) is 51.3 Å². The van der Waals surface area contributed by atoms with Crippen LogP contribution in [0.25, 0.3) is 0 Å². The molecule has 1 nitrogen and oxygen atoms in total. The number of rotatable bonds is 1. The van der Waals surface area contributed by atoms with Crippen molar-refractivity contribution >= 4 is 0 Å². The lowest BCUT2D eigenvalue weighted by atomic mass is 9.78. The molecule has 0 heterocycles. The summed E-state index contributed by atoms with van der Waals surface area (Å²) in [4.78, 5) is 0. The number of hydrogen-bond acceptors (Lipinski definition) is 1. The van der Waals surface area contributed by atoms with Crippen LogP contribution in [0.15, 0.2) is 0 Å². The first-order valence-corrected chi connectivity index (χ1v) is 4.41. The van der Waals surface area contributed by atoms with Crippen molar-refractivity contribution < 1.29 is 9.50 Å². The Balaban J connectivity index is 2.48. The van der Waals surface area contributed by atoms with Gasteiger partial charge in [0.1, 0.15) is 5.67 Å². The highest BCUT2D eigenvalue weighted by atomic mass is 19.1. The van der Waals surface area contributed by atoms with Crippen LogP contribution in [-0.2, 0) is 0 Å². The third kappa shape index (κ3) is 1.92. The van der Waals surface area contributed by atoms with E-state index in [1.54, 1.807) is 0 Å². The van der Waals surface area contributed by atoms with E-state index in [0.717, 1.165) is 0 Å². The second-order valence-electron chi connectivity index (χ2n) is 3.92. The van der Waals surface area contributed by atoms with Gasteiger partial charge in [-0.05, 0) is 31.6 Å². The molecule has 1 saturated carbocycles. The average Bonchev–Trinajstić information content (AvgIpc) is 1.95. The fraction of sp³-hybridized carbons (Fsp3) is 1.00. The highest BCUT2D eigenvalue weighted by Gasteiger charge is 2.37. The van der Waals surface area contributed by atoms with E-state index >= 15 is 0 Å². The Labute approximate surface area is 67.6 Å². The molecule has 0 aromatic heterocycles. The number of aliphatic hydroxyl groups is 1. The molecule has 0 saturated heterocycles. The second-order valence-corrected chi connectivity index (χ2v) is 3.92. The maximum atomic E-state index is 13.8. The van der Waals surface area contributed by atoms with Crippen LogP contribution in [0.2, 0.25) is 0 Å². The summed E-state index contributed by atoms with van der Waals surface area (Å²) >= 11 is 0. The molecule has 66 valence electrons. The molecule has 0 atom stereocenters. The summed E-state index contributed by atoms with van der Waals surface area (Å²) in [5, 5.41) is 9.16. The minimum absolute atomic E-state index is 0.0926. The molecule has 0 bridgehead atoms. The first kappa shape index (κ1) is 8.98. The summed E-state index contributed by atoms with van der Waals surface area (Å²) in [5.74, 6) is 0.0926. The van der Waals surface area contributed by atoms with Gasteiger partial charge in [0, 0.05) is 0 Å². The van der Waals surface area contributed by atoms with Crippen LogP contribution in [0.1, 0.15) is 39.5 Å². The molecule has 11 heavy (non-hydrogen) atoms. The fourth-order valence-corrected chi connectivity index (χ4v) is 1.66. The normalized spacial score (nSPS) is 39.5. The summed E-state index contributed by atoms with van der Waals surface area (Å²) in [6, 6.07) is 0. The topological polar surface area (TPSA) is 20.2 Å². The van der Waals surface area contributed by atoms with Gasteiger partial charge in [-0.1, -0.05) is 13.8 Å². The highest BCUT2D eigenvalue weighted by Crippen LogP contribution is 2.37. The minimum Gasteiger partial charge on any atom is -0.393 e. The fourth-order valence-electron chi connectivity index (χ4n) is 1.66. The molecule has 0 aromatic rings. The van der Waals surface area contributed by atoms with E-state index in [-0.39, 0.29) is 12.0 Å². The van der Waals surface area contributed by atoms with Gasteiger partial charge in [0.2, 0.25) is 0 Å². The molecule has 0 radical (unpaired) electrons. The Hall–Kier alpha value is -0.110. The van der Waals surface area contributed by atoms with Gasteiger partial charge in [-0.25, -0.2) is 4.39 Å². The van der Waals surface area contributed by atoms with Gasteiger partial charge >= 0.3 is 0 Å². The Morgan fingerprint density at radius 3 is 2.18 bits per heavy atom. The van der Waals surface area contributed by atoms with E-state index in [1.165, 1.54) is 0 Å². The zero-order valence-electron chi connectivity index (χ0n) is 7.31. The molecular formula is C9H17FO. The van der Waals surface area contributed by atoms with E-state index in [2.05, 4.69) is 0 Å². The lowest BCUT2D eigenvalue weighted by molar-refractivity contribution is 0.00339. The minimum atomic E-state index is -1.00. The largest absolute Gasteiger partial charge is 0.393 e. The van der Waals surface area contributed by atoms with Crippen molar-refractivity contribution in [3.63, 3.8) is 0 Å². The van der Waals surface area contributed by atoms with Crippen LogP contribution in [-0.4, -0.2) is 16.9 Å². The standard InChI is InChI=1S/C9H17FO/c1-7(2)9(10)5-3-8(11)4-6-9/h7-8,11H,3-6H2,1-2H3/t8-,9+. The van der Waals surface area contributed by atoms with Crippen molar-refractivity contribution in [2.75, 3.05) is 0 Å². The lowest BCUT2D eigenvalue weighted by Gasteiger charge is -2.35. The van der Waals surface area contributed by atoms with Crippen LogP contribution in [0.3, 0.4) is 0 Å². The van der Waals surface area contributed by atoms with Gasteiger partial charge in [-0.15, -0.1) is 0 Å². The number of aliphatic hydroxyl groups excluding tert-OH is 1. The Bertz CT molecular complexity index is 126. The average molecular weight is 160 g/mol. The van der Waals surface area contributed by atoms with Gasteiger partial charge in [0.15, 0.2) is 0 Å². The Morgan fingerprint density at radius 2 is 1.82 bits per heavy atom. The molecule has 0 unspecified atom stereocenters. The molecule has 0 aromatic carbocycles. The summed E-state index contributed by atoms with van der Waals surface area (Å²) in [7, 11) is 0. The zero-order chi connectivity index (χ0) is 8.48. The molecule has 1 N–H and O–H groups in total. The van der Waals surface area contributed by atoms with Gasteiger partial charge in [0.25, 0.3) is 0 Å². The van der Waals surface area contributed by atoms with Crippen LogP contribution >= 0.6 is 0 Å². The Kier molecular flexibility index (Phi) is 2.53. The van der Waals surface area contributed by atoms with E-state index in [4.69, 9.17) is 5.11 Å². The monoisotopic (exact) mass is 160 g/mol. The number of alkyl halides is 1. The molecule has 1 aliphatic carbocycles. The van der Waals surface area contributed by atoms with E-state index in [0.29, 0.717) is 25.7 Å². The molecule has 0 amide bonds. The molecule has 2 heteroatoms. The summed E-state index contributed by atoms with van der Waals surface area (Å²) < 4.78 is 13.8. The van der Waals surface area contributed by atoms with E-state index in [1.807, 2.05) is 13.8 Å². The zero-order valence-corrected chi connectivity index (χ0v) is 7.31. The van der Waals surface area contributed by atoms with Gasteiger partial charge in [-0.2, -0.15) is 0 Å². The predicted molar refractivity (Wildman–Crippen MR) is 43.2 cm³/mol. The predicted octanol–water partition coefficient (Wildman–Crippen LogP) is 2.29. The van der Waals surface area contributed by atoms with Gasteiger partial charge in [-0.3, -0.25) is 0 Å². The van der Waals surface area contributed by atoms with Crippen LogP contribution in [0, 0.1) is 5.92 Å². The maximum absolute atomic E-state index is 13.8. The molecule has 1 fully saturated rings. The van der Waals surface area contributed by atoms with Crippen molar-refractivity contribution in [3.05, 3.63) is 0 Å². The quantitative estimate of drug-likeness (QED) is 0.624. The van der Waals surface area contributed by atoms with Gasteiger partial charge < -0.3 is 5.11 Å². The van der Waals surface area contributed by atoms with Crippen molar-refractivity contribution in [1.29, 1.82) is 0 Å². The SMILES string of the molecule is CC(C)[C@]1(F)CC[C@@H](O)CC1. The highest BCUT2D eigenvalue weighted by molar-refractivity contribution is 4.88. The van der Waals surface area contributed by atoms with Crippen LogP contribution < -0.4 is 0 Å². The van der Waals surface area contributed by atoms with Crippen LogP contribution in [0.5, 0.6) is 0 Å². The van der Waals surface area contributed by atoms with Crippen LogP contribution in [0.4, 0.5) is 4.39 Å². The van der Waals surface area contributed by atoms with Crippen molar-refractivity contribution in [3.8, 4) is 0 Å². The van der Waals surface area contributed by atoms with Crippen molar-refractivity contribution in [2.24, 2.45) is 5.92 Å². The second kappa shape index (κ2) is 3.10. The third-order valence-electron chi connectivity index (χ3n) is 2.82. The number of hydrogen-bond donors (Lipinski definition) is 1. The Morgan fingerprint density at radius 1 is 1.36 bits per heavy atom. The summed E-state index contributed by atoms with van der Waals surface area (Å²) in [6.45, 7) is 3.83.